The lowest BCUT2D eigenvalue weighted by Gasteiger charge is -2.08. The number of hydrogen-bond donors (Lipinski definition) is 1. The van der Waals surface area contributed by atoms with Gasteiger partial charge < -0.3 is 5.73 Å². The van der Waals surface area contributed by atoms with Crippen LogP contribution in [0.1, 0.15) is 37.9 Å². The monoisotopic (exact) mass is 243 g/mol. The molecule has 0 aliphatic heterocycles. The van der Waals surface area contributed by atoms with E-state index in [2.05, 4.69) is 49.3 Å². The van der Waals surface area contributed by atoms with E-state index in [1.807, 2.05) is 17.8 Å². The van der Waals surface area contributed by atoms with Gasteiger partial charge in [0, 0.05) is 12.2 Å². The molecular formula is C15H21N3. The van der Waals surface area contributed by atoms with Crippen LogP contribution < -0.4 is 5.73 Å². The van der Waals surface area contributed by atoms with Crippen molar-refractivity contribution >= 4 is 0 Å². The minimum atomic E-state index is 0.184. The molecular weight excluding hydrogens is 222 g/mol. The summed E-state index contributed by atoms with van der Waals surface area (Å²) in [5.41, 5.74) is 9.30. The lowest BCUT2D eigenvalue weighted by atomic mass is 10.1. The highest BCUT2D eigenvalue weighted by Gasteiger charge is 2.05. The second-order valence-electron chi connectivity index (χ2n) is 5.19. The maximum atomic E-state index is 5.83. The molecule has 3 nitrogen and oxygen atoms in total. The van der Waals surface area contributed by atoms with Gasteiger partial charge in [-0.1, -0.05) is 26.0 Å². The Morgan fingerprint density at radius 1 is 1.22 bits per heavy atom. The number of nitrogens with zero attached hydrogens (tertiary/aromatic N) is 2. The molecule has 0 radical (unpaired) electrons. The molecule has 0 saturated carbocycles. The molecule has 18 heavy (non-hydrogen) atoms. The van der Waals surface area contributed by atoms with Crippen molar-refractivity contribution in [2.24, 2.45) is 5.73 Å². The predicted octanol–water partition coefficient (Wildman–Crippen LogP) is 2.89. The van der Waals surface area contributed by atoms with Gasteiger partial charge >= 0.3 is 0 Å². The van der Waals surface area contributed by atoms with Crippen molar-refractivity contribution in [2.75, 3.05) is 0 Å². The van der Waals surface area contributed by atoms with Crippen LogP contribution in [-0.4, -0.2) is 15.8 Å². The largest absolute Gasteiger partial charge is 0.328 e. The van der Waals surface area contributed by atoms with Crippen LogP contribution in [0.5, 0.6) is 0 Å². The van der Waals surface area contributed by atoms with Crippen LogP contribution in [0.25, 0.3) is 5.69 Å². The van der Waals surface area contributed by atoms with Crippen molar-refractivity contribution < 1.29 is 0 Å². The minimum absolute atomic E-state index is 0.184. The lowest BCUT2D eigenvalue weighted by Crippen LogP contribution is -2.17. The Morgan fingerprint density at radius 3 is 2.61 bits per heavy atom. The van der Waals surface area contributed by atoms with E-state index in [0.29, 0.717) is 5.92 Å². The van der Waals surface area contributed by atoms with E-state index >= 15 is 0 Å². The first-order valence-electron chi connectivity index (χ1n) is 6.46. The van der Waals surface area contributed by atoms with Gasteiger partial charge in [-0.3, -0.25) is 0 Å². The third-order valence-electron chi connectivity index (χ3n) is 2.93. The van der Waals surface area contributed by atoms with Gasteiger partial charge in [-0.05, 0) is 43.0 Å². The molecule has 0 aliphatic carbocycles. The van der Waals surface area contributed by atoms with Gasteiger partial charge in [0.25, 0.3) is 0 Å². The molecule has 2 rings (SSSR count). The molecule has 2 N–H and O–H groups in total. The van der Waals surface area contributed by atoms with Crippen LogP contribution in [0, 0.1) is 0 Å². The van der Waals surface area contributed by atoms with Crippen LogP contribution in [0.3, 0.4) is 0 Å². The first-order valence-corrected chi connectivity index (χ1v) is 6.46. The summed E-state index contributed by atoms with van der Waals surface area (Å²) < 4.78 is 1.93. The second kappa shape index (κ2) is 5.36. The van der Waals surface area contributed by atoms with Crippen molar-refractivity contribution in [3.8, 4) is 5.69 Å². The zero-order valence-corrected chi connectivity index (χ0v) is 11.3. The SMILES string of the molecule is CC(N)Cc1cccc(-n2ccc(C(C)C)n2)c1. The van der Waals surface area contributed by atoms with Gasteiger partial charge in [0.1, 0.15) is 0 Å². The van der Waals surface area contributed by atoms with Gasteiger partial charge in [0.15, 0.2) is 0 Å². The number of rotatable bonds is 4. The molecule has 3 heteroatoms. The van der Waals surface area contributed by atoms with Crippen LogP contribution in [0.15, 0.2) is 36.5 Å². The number of hydrogen-bond acceptors (Lipinski definition) is 2. The average molecular weight is 243 g/mol. The number of nitrogens with two attached hydrogens (primary N) is 1. The predicted molar refractivity (Wildman–Crippen MR) is 75.0 cm³/mol. The minimum Gasteiger partial charge on any atom is -0.328 e. The average Bonchev–Trinajstić information content (AvgIpc) is 2.77. The summed E-state index contributed by atoms with van der Waals surface area (Å²) in [4.78, 5) is 0. The van der Waals surface area contributed by atoms with Crippen LogP contribution in [0.2, 0.25) is 0 Å². The Bertz CT molecular complexity index is 512. The normalized spacial score (nSPS) is 12.9. The molecule has 0 bridgehead atoms. The molecule has 1 heterocycles. The third kappa shape index (κ3) is 2.99. The van der Waals surface area contributed by atoms with Crippen molar-refractivity contribution in [2.45, 2.75) is 39.2 Å². The molecule has 1 unspecified atom stereocenters. The van der Waals surface area contributed by atoms with E-state index < -0.39 is 0 Å². The highest BCUT2D eigenvalue weighted by Crippen LogP contribution is 2.15. The van der Waals surface area contributed by atoms with E-state index in [9.17, 15) is 0 Å². The molecule has 96 valence electrons. The Morgan fingerprint density at radius 2 is 2.00 bits per heavy atom. The Labute approximate surface area is 109 Å². The summed E-state index contributed by atoms with van der Waals surface area (Å²) in [6, 6.07) is 10.7. The summed E-state index contributed by atoms with van der Waals surface area (Å²) >= 11 is 0. The van der Waals surface area contributed by atoms with Gasteiger partial charge in [-0.25, -0.2) is 4.68 Å². The molecule has 0 saturated heterocycles. The summed E-state index contributed by atoms with van der Waals surface area (Å²) in [6.07, 6.45) is 2.91. The number of aromatic nitrogens is 2. The molecule has 0 aliphatic rings. The van der Waals surface area contributed by atoms with Crippen molar-refractivity contribution in [3.05, 3.63) is 47.8 Å². The van der Waals surface area contributed by atoms with Crippen LogP contribution in [-0.2, 0) is 6.42 Å². The molecule has 2 aromatic rings. The van der Waals surface area contributed by atoms with Crippen molar-refractivity contribution in [1.29, 1.82) is 0 Å². The molecule has 0 amide bonds. The van der Waals surface area contributed by atoms with E-state index in [-0.39, 0.29) is 6.04 Å². The molecule has 0 spiro atoms. The highest BCUT2D eigenvalue weighted by atomic mass is 15.3. The first-order chi connectivity index (χ1) is 8.56. The smallest absolute Gasteiger partial charge is 0.0654 e. The third-order valence-corrected chi connectivity index (χ3v) is 2.93. The Hall–Kier alpha value is -1.61. The van der Waals surface area contributed by atoms with Crippen molar-refractivity contribution in [1.82, 2.24) is 9.78 Å². The molecule has 1 aromatic heterocycles. The van der Waals surface area contributed by atoms with Gasteiger partial charge in [-0.15, -0.1) is 0 Å². The zero-order valence-electron chi connectivity index (χ0n) is 11.3. The van der Waals surface area contributed by atoms with Gasteiger partial charge in [0.05, 0.1) is 11.4 Å². The first kappa shape index (κ1) is 12.8. The maximum Gasteiger partial charge on any atom is 0.0654 e. The molecule has 0 fully saturated rings. The topological polar surface area (TPSA) is 43.8 Å². The van der Waals surface area contributed by atoms with Crippen LogP contribution in [0.4, 0.5) is 0 Å². The van der Waals surface area contributed by atoms with E-state index in [0.717, 1.165) is 17.8 Å². The summed E-state index contributed by atoms with van der Waals surface area (Å²) in [6.45, 7) is 6.33. The highest BCUT2D eigenvalue weighted by molar-refractivity contribution is 5.35. The van der Waals surface area contributed by atoms with E-state index in [4.69, 9.17) is 5.73 Å². The fourth-order valence-electron chi connectivity index (χ4n) is 1.99. The summed E-state index contributed by atoms with van der Waals surface area (Å²) in [5, 5.41) is 4.59. The molecule has 1 atom stereocenters. The van der Waals surface area contributed by atoms with Gasteiger partial charge in [0.2, 0.25) is 0 Å². The zero-order chi connectivity index (χ0) is 13.1. The van der Waals surface area contributed by atoms with Crippen LogP contribution >= 0.6 is 0 Å². The summed E-state index contributed by atoms with van der Waals surface area (Å²) in [5.74, 6) is 0.457. The second-order valence-corrected chi connectivity index (χ2v) is 5.19. The Kier molecular flexibility index (Phi) is 3.82. The van der Waals surface area contributed by atoms with Gasteiger partial charge in [-0.2, -0.15) is 5.10 Å². The standard InChI is InChI=1S/C15H21N3/c1-11(2)15-7-8-18(17-15)14-6-4-5-13(10-14)9-12(3)16/h4-8,10-12H,9,16H2,1-3H3. The van der Waals surface area contributed by atoms with E-state index in [1.165, 1.54) is 5.56 Å². The fraction of sp³-hybridized carbons (Fsp3) is 0.400. The number of benzene rings is 1. The quantitative estimate of drug-likeness (QED) is 0.897. The van der Waals surface area contributed by atoms with Crippen molar-refractivity contribution in [3.63, 3.8) is 0 Å². The summed E-state index contributed by atoms with van der Waals surface area (Å²) in [7, 11) is 0. The Balaban J connectivity index is 2.26. The molecule has 1 aromatic carbocycles. The lowest BCUT2D eigenvalue weighted by molar-refractivity contribution is 0.734. The maximum absolute atomic E-state index is 5.83. The van der Waals surface area contributed by atoms with E-state index in [1.54, 1.807) is 0 Å². The fourth-order valence-corrected chi connectivity index (χ4v) is 1.99.